The lowest BCUT2D eigenvalue weighted by Crippen LogP contribution is -2.41. The number of halogens is 1. The van der Waals surface area contributed by atoms with Crippen molar-refractivity contribution in [2.75, 3.05) is 27.2 Å². The zero-order valence-electron chi connectivity index (χ0n) is 9.16. The van der Waals surface area contributed by atoms with E-state index in [0.29, 0.717) is 6.04 Å². The Bertz CT molecular complexity index is 208. The van der Waals surface area contributed by atoms with Crippen molar-refractivity contribution in [2.45, 2.75) is 31.2 Å². The van der Waals surface area contributed by atoms with Crippen LogP contribution in [0.1, 0.15) is 19.8 Å². The molecule has 1 amide bonds. The van der Waals surface area contributed by atoms with Crippen LogP contribution in [0.15, 0.2) is 0 Å². The molecule has 2 unspecified atom stereocenters. The quantitative estimate of drug-likeness (QED) is 0.664. The Labute approximate surface area is 91.0 Å². The molecule has 1 saturated heterocycles. The van der Waals surface area contributed by atoms with Gasteiger partial charge in [0.1, 0.15) is 5.38 Å². The van der Waals surface area contributed by atoms with E-state index in [9.17, 15) is 4.79 Å². The van der Waals surface area contributed by atoms with Crippen LogP contribution in [-0.4, -0.2) is 54.3 Å². The highest BCUT2D eigenvalue weighted by molar-refractivity contribution is 6.30. The minimum absolute atomic E-state index is 0.0203. The summed E-state index contributed by atoms with van der Waals surface area (Å²) < 4.78 is 0. The molecule has 0 radical (unpaired) electrons. The van der Waals surface area contributed by atoms with E-state index >= 15 is 0 Å². The van der Waals surface area contributed by atoms with Crippen molar-refractivity contribution in [1.29, 1.82) is 0 Å². The SMILES string of the molecule is CC(Cl)C(=O)N(C)CC1CCCN1C. The summed E-state index contributed by atoms with van der Waals surface area (Å²) in [6.07, 6.45) is 2.42. The normalized spacial score (nSPS) is 25.0. The van der Waals surface area contributed by atoms with E-state index in [1.807, 2.05) is 7.05 Å². The minimum Gasteiger partial charge on any atom is -0.343 e. The Hall–Kier alpha value is -0.280. The molecule has 1 heterocycles. The lowest BCUT2D eigenvalue weighted by molar-refractivity contribution is -0.129. The lowest BCUT2D eigenvalue weighted by Gasteiger charge is -2.26. The first-order valence-corrected chi connectivity index (χ1v) is 5.55. The number of nitrogens with zero attached hydrogens (tertiary/aromatic N) is 2. The second-order valence-electron chi connectivity index (χ2n) is 4.11. The van der Waals surface area contributed by atoms with Crippen molar-refractivity contribution < 1.29 is 4.79 Å². The second kappa shape index (κ2) is 4.99. The van der Waals surface area contributed by atoms with Crippen LogP contribution in [0, 0.1) is 0 Å². The number of carbonyl (C=O) groups is 1. The van der Waals surface area contributed by atoms with Crippen LogP contribution in [-0.2, 0) is 4.79 Å². The number of alkyl halides is 1. The molecule has 0 saturated carbocycles. The summed E-state index contributed by atoms with van der Waals surface area (Å²) in [6, 6.07) is 0.513. The van der Waals surface area contributed by atoms with E-state index < -0.39 is 5.38 Å². The second-order valence-corrected chi connectivity index (χ2v) is 4.77. The van der Waals surface area contributed by atoms with Gasteiger partial charge in [-0.25, -0.2) is 0 Å². The van der Waals surface area contributed by atoms with Gasteiger partial charge in [-0.2, -0.15) is 0 Å². The van der Waals surface area contributed by atoms with E-state index in [1.54, 1.807) is 11.8 Å². The van der Waals surface area contributed by atoms with Gasteiger partial charge in [-0.3, -0.25) is 4.79 Å². The molecule has 82 valence electrons. The molecular weight excluding hydrogens is 200 g/mol. The first-order chi connectivity index (χ1) is 6.52. The first kappa shape index (κ1) is 11.8. The fourth-order valence-corrected chi connectivity index (χ4v) is 2.09. The van der Waals surface area contributed by atoms with Crippen LogP contribution in [0.25, 0.3) is 0 Å². The third-order valence-electron chi connectivity index (χ3n) is 2.87. The summed E-state index contributed by atoms with van der Waals surface area (Å²) in [5.74, 6) is 0.0203. The third kappa shape index (κ3) is 2.85. The number of rotatable bonds is 3. The van der Waals surface area contributed by atoms with Gasteiger partial charge in [0.2, 0.25) is 5.91 Å². The summed E-state index contributed by atoms with van der Waals surface area (Å²) in [5.41, 5.74) is 0. The van der Waals surface area contributed by atoms with E-state index in [1.165, 1.54) is 12.8 Å². The zero-order valence-corrected chi connectivity index (χ0v) is 9.92. The van der Waals surface area contributed by atoms with Gasteiger partial charge in [-0.1, -0.05) is 0 Å². The monoisotopic (exact) mass is 218 g/mol. The molecule has 0 bridgehead atoms. The van der Waals surface area contributed by atoms with Gasteiger partial charge in [-0.15, -0.1) is 11.6 Å². The number of carbonyl (C=O) groups excluding carboxylic acids is 1. The maximum Gasteiger partial charge on any atom is 0.240 e. The molecular formula is C10H19ClN2O. The van der Waals surface area contributed by atoms with Gasteiger partial charge in [0.05, 0.1) is 0 Å². The van der Waals surface area contributed by atoms with E-state index in [2.05, 4.69) is 11.9 Å². The van der Waals surface area contributed by atoms with Gasteiger partial charge < -0.3 is 9.80 Å². The minimum atomic E-state index is -0.410. The van der Waals surface area contributed by atoms with Gasteiger partial charge >= 0.3 is 0 Å². The van der Waals surface area contributed by atoms with Gasteiger partial charge in [0.25, 0.3) is 0 Å². The number of likely N-dealkylation sites (N-methyl/N-ethyl adjacent to an activating group) is 2. The molecule has 1 rings (SSSR count). The van der Waals surface area contributed by atoms with Crippen LogP contribution in [0.4, 0.5) is 0 Å². The molecule has 4 heteroatoms. The first-order valence-electron chi connectivity index (χ1n) is 5.11. The molecule has 1 aliphatic heterocycles. The molecule has 0 aromatic rings. The number of likely N-dealkylation sites (tertiary alicyclic amines) is 1. The van der Waals surface area contributed by atoms with Crippen molar-refractivity contribution in [1.82, 2.24) is 9.80 Å². The highest BCUT2D eigenvalue weighted by Gasteiger charge is 2.24. The van der Waals surface area contributed by atoms with E-state index in [-0.39, 0.29) is 5.91 Å². The molecule has 0 aromatic heterocycles. The Balaban J connectivity index is 2.39. The number of amides is 1. The number of hydrogen-bond donors (Lipinski definition) is 0. The van der Waals surface area contributed by atoms with E-state index in [4.69, 9.17) is 11.6 Å². The van der Waals surface area contributed by atoms with E-state index in [0.717, 1.165) is 13.1 Å². The lowest BCUT2D eigenvalue weighted by atomic mass is 10.2. The third-order valence-corrected chi connectivity index (χ3v) is 3.06. The fourth-order valence-electron chi connectivity index (χ4n) is 1.92. The predicted octanol–water partition coefficient (Wildman–Crippen LogP) is 1.17. The molecule has 0 N–H and O–H groups in total. The van der Waals surface area contributed by atoms with Crippen molar-refractivity contribution in [3.63, 3.8) is 0 Å². The summed E-state index contributed by atoms with van der Waals surface area (Å²) in [7, 11) is 3.94. The van der Waals surface area contributed by atoms with Crippen LogP contribution in [0.3, 0.4) is 0 Å². The largest absolute Gasteiger partial charge is 0.343 e. The standard InChI is InChI=1S/C10H19ClN2O/c1-8(11)10(14)13(3)7-9-5-4-6-12(9)2/h8-9H,4-7H2,1-3H3. The molecule has 14 heavy (non-hydrogen) atoms. The highest BCUT2D eigenvalue weighted by Crippen LogP contribution is 2.15. The van der Waals surface area contributed by atoms with Crippen molar-refractivity contribution in [2.24, 2.45) is 0 Å². The van der Waals surface area contributed by atoms with Crippen molar-refractivity contribution in [3.8, 4) is 0 Å². The summed E-state index contributed by atoms with van der Waals surface area (Å²) in [6.45, 7) is 3.66. The van der Waals surface area contributed by atoms with Crippen molar-refractivity contribution in [3.05, 3.63) is 0 Å². The van der Waals surface area contributed by atoms with Gasteiger partial charge in [-0.05, 0) is 33.4 Å². The Morgan fingerprint density at radius 1 is 1.71 bits per heavy atom. The summed E-state index contributed by atoms with van der Waals surface area (Å²) >= 11 is 5.74. The van der Waals surface area contributed by atoms with Gasteiger partial charge in [0.15, 0.2) is 0 Å². The Kier molecular flexibility index (Phi) is 4.20. The zero-order chi connectivity index (χ0) is 10.7. The average molecular weight is 219 g/mol. The van der Waals surface area contributed by atoms with Crippen molar-refractivity contribution >= 4 is 17.5 Å². The Morgan fingerprint density at radius 2 is 2.36 bits per heavy atom. The Morgan fingerprint density at radius 3 is 2.79 bits per heavy atom. The predicted molar refractivity (Wildman–Crippen MR) is 58.6 cm³/mol. The summed E-state index contributed by atoms with van der Waals surface area (Å²) in [4.78, 5) is 15.6. The molecule has 3 nitrogen and oxygen atoms in total. The van der Waals surface area contributed by atoms with Crippen LogP contribution in [0.2, 0.25) is 0 Å². The fraction of sp³-hybridized carbons (Fsp3) is 0.900. The van der Waals surface area contributed by atoms with Crippen LogP contribution < -0.4 is 0 Å². The van der Waals surface area contributed by atoms with Gasteiger partial charge in [0, 0.05) is 19.6 Å². The smallest absolute Gasteiger partial charge is 0.240 e. The average Bonchev–Trinajstić information content (AvgIpc) is 2.50. The number of hydrogen-bond acceptors (Lipinski definition) is 2. The maximum atomic E-state index is 11.5. The molecule has 2 atom stereocenters. The topological polar surface area (TPSA) is 23.6 Å². The molecule has 0 aromatic carbocycles. The molecule has 1 fully saturated rings. The summed E-state index contributed by atoms with van der Waals surface area (Å²) in [5, 5.41) is -0.410. The van der Waals surface area contributed by atoms with Crippen LogP contribution in [0.5, 0.6) is 0 Å². The molecule has 0 aliphatic carbocycles. The molecule has 1 aliphatic rings. The molecule has 0 spiro atoms. The highest BCUT2D eigenvalue weighted by atomic mass is 35.5. The maximum absolute atomic E-state index is 11.5. The van der Waals surface area contributed by atoms with Crippen LogP contribution >= 0.6 is 11.6 Å².